The Labute approximate surface area is 288 Å². The Hall–Kier alpha value is -6.73. The van der Waals surface area contributed by atoms with Crippen LogP contribution in [0.15, 0.2) is 140 Å². The lowest BCUT2D eigenvalue weighted by Crippen LogP contribution is -2.30. The molecule has 1 aliphatic heterocycles. The molecule has 7 nitrogen and oxygen atoms in total. The molecule has 0 bridgehead atoms. The van der Waals surface area contributed by atoms with E-state index in [2.05, 4.69) is 31.7 Å². The number of aromatic nitrogens is 4. The summed E-state index contributed by atoms with van der Waals surface area (Å²) in [5, 5.41) is 2.00. The number of benzene rings is 6. The first-order chi connectivity index (χ1) is 24.5. The summed E-state index contributed by atoms with van der Waals surface area (Å²) in [6.07, 6.45) is 0. The number of hydrogen-bond acceptors (Lipinski definition) is 5. The van der Waals surface area contributed by atoms with Crippen molar-refractivity contribution in [3.05, 3.63) is 162 Å². The van der Waals surface area contributed by atoms with Crippen LogP contribution in [0.3, 0.4) is 0 Å². The van der Waals surface area contributed by atoms with Crippen LogP contribution in [0, 0.1) is 13.8 Å². The largest absolute Gasteiger partial charge is 0.308 e. The van der Waals surface area contributed by atoms with Crippen LogP contribution in [0.1, 0.15) is 32.4 Å². The second-order valence-corrected chi connectivity index (χ2v) is 12.4. The highest BCUT2D eigenvalue weighted by Crippen LogP contribution is 2.44. The molecule has 0 unspecified atom stereocenters. The van der Waals surface area contributed by atoms with Gasteiger partial charge in [0.2, 0.25) is 0 Å². The number of hydrogen-bond donors (Lipinski definition) is 0. The third-order valence-corrected chi connectivity index (χ3v) is 9.35. The summed E-state index contributed by atoms with van der Waals surface area (Å²) in [5.41, 5.74) is 8.31. The van der Waals surface area contributed by atoms with E-state index in [-0.39, 0.29) is 11.8 Å². The highest BCUT2D eigenvalue weighted by Gasteiger charge is 2.40. The van der Waals surface area contributed by atoms with Crippen LogP contribution in [0.25, 0.3) is 61.1 Å². The normalized spacial score (nSPS) is 12.6. The third kappa shape index (κ3) is 4.55. The first-order valence-corrected chi connectivity index (χ1v) is 16.5. The maximum absolute atomic E-state index is 14.8. The molecule has 6 aromatic carbocycles. The number of nitrogens with zero attached hydrogens (tertiary/aromatic N) is 5. The Morgan fingerprint density at radius 1 is 0.460 bits per heavy atom. The predicted octanol–water partition coefficient (Wildman–Crippen LogP) is 9.39. The van der Waals surface area contributed by atoms with Gasteiger partial charge in [0.1, 0.15) is 11.6 Å². The van der Waals surface area contributed by atoms with Gasteiger partial charge < -0.3 is 4.57 Å². The van der Waals surface area contributed by atoms with Crippen LogP contribution in [0.5, 0.6) is 0 Å². The van der Waals surface area contributed by atoms with Crippen LogP contribution < -0.4 is 4.90 Å². The van der Waals surface area contributed by atoms with Crippen LogP contribution >= 0.6 is 0 Å². The van der Waals surface area contributed by atoms with Crippen LogP contribution in [0.4, 0.5) is 5.69 Å². The summed E-state index contributed by atoms with van der Waals surface area (Å²) < 4.78 is 2.09. The minimum Gasteiger partial charge on any atom is -0.308 e. The summed E-state index contributed by atoms with van der Waals surface area (Å²) in [6.45, 7) is 3.72. The number of anilines is 1. The SMILES string of the molecule is Cc1nc(C)nc(-c2ccc3c(c2)c2ccccc2n3-c2cccc3c2C(=O)N(c2cccc(-c4ccccc4)c2-c2ccccc2)C3=O)n1. The summed E-state index contributed by atoms with van der Waals surface area (Å²) in [6, 6.07) is 45.6. The zero-order valence-corrected chi connectivity index (χ0v) is 27.3. The second-order valence-electron chi connectivity index (χ2n) is 12.4. The van der Waals surface area contributed by atoms with Crippen molar-refractivity contribution < 1.29 is 9.59 Å². The van der Waals surface area contributed by atoms with Crippen molar-refractivity contribution in [2.75, 3.05) is 4.90 Å². The molecule has 8 aromatic rings. The molecule has 0 radical (unpaired) electrons. The fourth-order valence-corrected chi connectivity index (χ4v) is 7.28. The van der Waals surface area contributed by atoms with Crippen molar-refractivity contribution in [3.8, 4) is 39.3 Å². The summed E-state index contributed by atoms with van der Waals surface area (Å²) in [5.74, 6) is 1.22. The monoisotopic (exact) mass is 647 g/mol. The predicted molar refractivity (Wildman–Crippen MR) is 198 cm³/mol. The fraction of sp³-hybridized carbons (Fsp3) is 0.0465. The molecule has 2 aromatic heterocycles. The highest BCUT2D eigenvalue weighted by atomic mass is 16.2. The van der Waals surface area contributed by atoms with Crippen molar-refractivity contribution in [2.24, 2.45) is 0 Å². The molecule has 7 heteroatoms. The highest BCUT2D eigenvalue weighted by molar-refractivity contribution is 6.36. The van der Waals surface area contributed by atoms with Crippen LogP contribution in [-0.4, -0.2) is 31.3 Å². The van der Waals surface area contributed by atoms with Crippen molar-refractivity contribution in [1.82, 2.24) is 19.5 Å². The number of para-hydroxylation sites is 1. The molecule has 2 amide bonds. The Morgan fingerprint density at radius 2 is 1.08 bits per heavy atom. The van der Waals surface area contributed by atoms with Gasteiger partial charge in [-0.1, -0.05) is 97.1 Å². The lowest BCUT2D eigenvalue weighted by molar-refractivity contribution is 0.0926. The van der Waals surface area contributed by atoms with Gasteiger partial charge in [-0.2, -0.15) is 0 Å². The maximum atomic E-state index is 14.8. The number of carbonyl (C=O) groups excluding carboxylic acids is 2. The van der Waals surface area contributed by atoms with E-state index in [9.17, 15) is 9.59 Å². The first-order valence-electron chi connectivity index (χ1n) is 16.5. The quantitative estimate of drug-likeness (QED) is 0.174. The Bertz CT molecular complexity index is 2640. The van der Waals surface area contributed by atoms with Crippen molar-refractivity contribution in [1.29, 1.82) is 0 Å². The number of fused-ring (bicyclic) bond motifs is 4. The maximum Gasteiger partial charge on any atom is 0.268 e. The molecule has 0 N–H and O–H groups in total. The zero-order chi connectivity index (χ0) is 33.9. The molecular weight excluding hydrogens is 619 g/mol. The minimum absolute atomic E-state index is 0.349. The number of rotatable bonds is 5. The lowest BCUT2D eigenvalue weighted by atomic mass is 9.92. The Kier molecular flexibility index (Phi) is 6.74. The smallest absolute Gasteiger partial charge is 0.268 e. The van der Waals surface area contributed by atoms with E-state index in [1.54, 1.807) is 6.07 Å². The summed E-state index contributed by atoms with van der Waals surface area (Å²) in [4.78, 5) is 44.1. The first kappa shape index (κ1) is 29.4. The number of carbonyl (C=O) groups is 2. The molecule has 0 fully saturated rings. The molecule has 0 atom stereocenters. The van der Waals surface area contributed by atoms with Gasteiger partial charge in [-0.25, -0.2) is 19.9 Å². The molecule has 50 heavy (non-hydrogen) atoms. The van der Waals surface area contributed by atoms with Gasteiger partial charge in [0, 0.05) is 21.9 Å². The van der Waals surface area contributed by atoms with E-state index in [1.165, 1.54) is 4.90 Å². The summed E-state index contributed by atoms with van der Waals surface area (Å²) >= 11 is 0. The van der Waals surface area contributed by atoms with Gasteiger partial charge in [0.25, 0.3) is 11.8 Å². The fourth-order valence-electron chi connectivity index (χ4n) is 7.28. The minimum atomic E-state index is -0.360. The number of aryl methyl sites for hydroxylation is 2. The van der Waals surface area contributed by atoms with Crippen molar-refractivity contribution in [2.45, 2.75) is 13.8 Å². The van der Waals surface area contributed by atoms with Crippen LogP contribution in [-0.2, 0) is 0 Å². The zero-order valence-electron chi connectivity index (χ0n) is 27.3. The van der Waals surface area contributed by atoms with E-state index in [1.807, 2.05) is 135 Å². The second kappa shape index (κ2) is 11.5. The number of imide groups is 1. The van der Waals surface area contributed by atoms with Gasteiger partial charge in [0.15, 0.2) is 5.82 Å². The van der Waals surface area contributed by atoms with Gasteiger partial charge >= 0.3 is 0 Å². The lowest BCUT2D eigenvalue weighted by Gasteiger charge is -2.22. The van der Waals surface area contributed by atoms with Gasteiger partial charge in [-0.15, -0.1) is 0 Å². The average Bonchev–Trinajstić information content (AvgIpc) is 3.61. The summed E-state index contributed by atoms with van der Waals surface area (Å²) in [7, 11) is 0. The van der Waals surface area contributed by atoms with Crippen LogP contribution in [0.2, 0.25) is 0 Å². The van der Waals surface area contributed by atoms with E-state index in [0.717, 1.165) is 49.6 Å². The average molecular weight is 648 g/mol. The van der Waals surface area contributed by atoms with Gasteiger partial charge in [0.05, 0.1) is 33.5 Å². The van der Waals surface area contributed by atoms with E-state index in [0.29, 0.717) is 40.0 Å². The molecule has 0 spiro atoms. The number of amides is 2. The van der Waals surface area contributed by atoms with Crippen molar-refractivity contribution in [3.63, 3.8) is 0 Å². The molecule has 9 rings (SSSR count). The third-order valence-electron chi connectivity index (χ3n) is 9.35. The molecule has 0 aliphatic carbocycles. The Balaban J connectivity index is 1.24. The van der Waals surface area contributed by atoms with E-state index < -0.39 is 0 Å². The molecular formula is C43H29N5O2. The van der Waals surface area contributed by atoms with Crippen molar-refractivity contribution >= 4 is 39.3 Å². The molecule has 0 saturated carbocycles. The topological polar surface area (TPSA) is 81.0 Å². The molecule has 238 valence electrons. The molecule has 0 saturated heterocycles. The van der Waals surface area contributed by atoms with E-state index in [4.69, 9.17) is 0 Å². The molecule has 1 aliphatic rings. The van der Waals surface area contributed by atoms with Gasteiger partial charge in [-0.3, -0.25) is 9.59 Å². The standard InChI is InChI=1S/C43H29N5O2/c1-26-44-27(2)46-41(45-26)30-23-24-36-34(25-30)32-17-9-10-20-35(32)47(36)38-22-12-19-33-40(38)43(50)48(42(33)49)37-21-11-18-31(28-13-5-3-6-14-28)39(37)29-15-7-4-8-16-29/h3-25H,1-2H3. The Morgan fingerprint density at radius 3 is 1.82 bits per heavy atom. The van der Waals surface area contributed by atoms with E-state index >= 15 is 0 Å². The molecule has 3 heterocycles. The van der Waals surface area contributed by atoms with Gasteiger partial charge in [-0.05, 0) is 73.0 Å².